The molecule has 2 heterocycles. The number of hydrazine groups is 1. The van der Waals surface area contributed by atoms with Crippen molar-refractivity contribution in [1.29, 1.82) is 0 Å². The standard InChI is InChI=1S/C16H22N4OS/c1-18(20-9-4-5-10-20)12-17-16(21)8-11-19-13-22-15-7-3-2-6-14(15)19/h2-3,6-7,13H,4-5,8-12H2,1H3/p+1. The van der Waals surface area contributed by atoms with Gasteiger partial charge in [0, 0.05) is 26.2 Å². The van der Waals surface area contributed by atoms with E-state index in [4.69, 9.17) is 0 Å². The van der Waals surface area contributed by atoms with Crippen LogP contribution in [0.2, 0.25) is 0 Å². The van der Waals surface area contributed by atoms with E-state index in [0.29, 0.717) is 13.1 Å². The molecule has 0 aliphatic carbocycles. The number of hydrogen-bond donors (Lipinski definition) is 1. The molecule has 1 aromatic carbocycles. The summed E-state index contributed by atoms with van der Waals surface area (Å²) in [6.45, 7) is 3.52. The van der Waals surface area contributed by atoms with Crippen LogP contribution in [0.1, 0.15) is 19.3 Å². The Morgan fingerprint density at radius 3 is 2.95 bits per heavy atom. The number of benzene rings is 1. The minimum atomic E-state index is 0.105. The average Bonchev–Trinajstić information content (AvgIpc) is 3.20. The SMILES string of the molecule is CN(CNC(=O)CC[n+]1csc2ccccc21)N1CCCC1. The molecule has 1 aliphatic rings. The molecule has 1 aliphatic heterocycles. The first-order valence-electron chi connectivity index (χ1n) is 7.82. The summed E-state index contributed by atoms with van der Waals surface area (Å²) >= 11 is 1.72. The molecule has 0 spiro atoms. The number of nitrogens with zero attached hydrogens (tertiary/aromatic N) is 3. The fourth-order valence-electron chi connectivity index (χ4n) is 2.80. The fourth-order valence-corrected chi connectivity index (χ4v) is 3.72. The van der Waals surface area contributed by atoms with Crippen LogP contribution in [-0.4, -0.2) is 42.7 Å². The molecule has 22 heavy (non-hydrogen) atoms. The lowest BCUT2D eigenvalue weighted by Gasteiger charge is -2.27. The minimum Gasteiger partial charge on any atom is -0.342 e. The molecule has 5 nitrogen and oxygen atoms in total. The largest absolute Gasteiger partial charge is 0.342 e. The quantitative estimate of drug-likeness (QED) is 0.649. The first-order valence-corrected chi connectivity index (χ1v) is 8.70. The number of carbonyl (C=O) groups excluding carboxylic acids is 1. The number of fused-ring (bicyclic) bond motifs is 1. The van der Waals surface area contributed by atoms with Gasteiger partial charge in [-0.2, -0.15) is 4.57 Å². The number of amides is 1. The van der Waals surface area contributed by atoms with Gasteiger partial charge in [-0.15, -0.1) is 0 Å². The lowest BCUT2D eigenvalue weighted by molar-refractivity contribution is -0.665. The number of nitrogens with one attached hydrogen (secondary N) is 1. The molecular formula is C16H23N4OS+. The maximum atomic E-state index is 12.0. The van der Waals surface area contributed by atoms with Crippen molar-refractivity contribution in [3.05, 3.63) is 29.8 Å². The fraction of sp³-hybridized carbons (Fsp3) is 0.500. The molecule has 1 N–H and O–H groups in total. The highest BCUT2D eigenvalue weighted by molar-refractivity contribution is 7.16. The van der Waals surface area contributed by atoms with Crippen LogP contribution in [-0.2, 0) is 11.3 Å². The average molecular weight is 319 g/mol. The summed E-state index contributed by atoms with van der Waals surface area (Å²) in [6, 6.07) is 8.30. The van der Waals surface area contributed by atoms with E-state index in [-0.39, 0.29) is 5.91 Å². The van der Waals surface area contributed by atoms with Gasteiger partial charge >= 0.3 is 0 Å². The van der Waals surface area contributed by atoms with E-state index >= 15 is 0 Å². The Morgan fingerprint density at radius 2 is 2.14 bits per heavy atom. The van der Waals surface area contributed by atoms with Crippen molar-refractivity contribution in [3.63, 3.8) is 0 Å². The zero-order valence-electron chi connectivity index (χ0n) is 13.0. The van der Waals surface area contributed by atoms with Gasteiger partial charge in [0.05, 0.1) is 13.1 Å². The van der Waals surface area contributed by atoms with E-state index in [1.54, 1.807) is 11.3 Å². The van der Waals surface area contributed by atoms with E-state index in [1.165, 1.54) is 23.1 Å². The molecule has 0 radical (unpaired) electrons. The number of rotatable bonds is 6. The van der Waals surface area contributed by atoms with E-state index in [0.717, 1.165) is 19.6 Å². The van der Waals surface area contributed by atoms with E-state index in [2.05, 4.69) is 37.5 Å². The maximum absolute atomic E-state index is 12.0. The molecule has 2 aromatic rings. The summed E-state index contributed by atoms with van der Waals surface area (Å²) < 4.78 is 3.42. The highest BCUT2D eigenvalue weighted by Gasteiger charge is 2.17. The first kappa shape index (κ1) is 15.4. The third-order valence-corrected chi connectivity index (χ3v) is 5.09. The molecule has 0 atom stereocenters. The van der Waals surface area contributed by atoms with Gasteiger partial charge in [-0.1, -0.05) is 23.5 Å². The smallest absolute Gasteiger partial charge is 0.227 e. The first-order chi connectivity index (χ1) is 10.7. The second-order valence-corrected chi connectivity index (χ2v) is 6.60. The number of thiazole rings is 1. The van der Waals surface area contributed by atoms with Crippen LogP contribution in [0.25, 0.3) is 10.2 Å². The van der Waals surface area contributed by atoms with Crippen molar-refractivity contribution in [2.45, 2.75) is 25.8 Å². The van der Waals surface area contributed by atoms with Crippen LogP contribution in [0.4, 0.5) is 0 Å². The summed E-state index contributed by atoms with van der Waals surface area (Å²) in [7, 11) is 2.03. The Balaban J connectivity index is 1.46. The zero-order chi connectivity index (χ0) is 15.4. The Kier molecular flexibility index (Phi) is 5.02. The third kappa shape index (κ3) is 3.63. The van der Waals surface area contributed by atoms with Gasteiger partial charge in [-0.3, -0.25) is 4.79 Å². The second kappa shape index (κ2) is 7.17. The highest BCUT2D eigenvalue weighted by Crippen LogP contribution is 2.15. The molecule has 118 valence electrons. The highest BCUT2D eigenvalue weighted by atomic mass is 32.1. The number of para-hydroxylation sites is 1. The van der Waals surface area contributed by atoms with Crippen molar-refractivity contribution in [1.82, 2.24) is 15.3 Å². The van der Waals surface area contributed by atoms with Crippen LogP contribution >= 0.6 is 11.3 Å². The molecule has 3 rings (SSSR count). The summed E-state index contributed by atoms with van der Waals surface area (Å²) in [6.07, 6.45) is 3.01. The number of carbonyl (C=O) groups is 1. The van der Waals surface area contributed by atoms with E-state index in [9.17, 15) is 4.79 Å². The Bertz CT molecular complexity index is 636. The van der Waals surface area contributed by atoms with Crippen molar-refractivity contribution < 1.29 is 9.36 Å². The third-order valence-electron chi connectivity index (χ3n) is 4.13. The summed E-state index contributed by atoms with van der Waals surface area (Å²) in [5, 5.41) is 7.41. The minimum absolute atomic E-state index is 0.105. The van der Waals surface area contributed by atoms with Gasteiger partial charge in [0.1, 0.15) is 4.70 Å². The summed E-state index contributed by atoms with van der Waals surface area (Å²) in [4.78, 5) is 12.0. The molecule has 1 aromatic heterocycles. The Hall–Kier alpha value is -1.50. The Morgan fingerprint density at radius 1 is 1.36 bits per heavy atom. The Labute approximate surface area is 135 Å². The van der Waals surface area contributed by atoms with Crippen LogP contribution in [0.15, 0.2) is 29.8 Å². The normalized spacial score (nSPS) is 15.7. The van der Waals surface area contributed by atoms with Gasteiger partial charge in [0.15, 0.2) is 6.54 Å². The van der Waals surface area contributed by atoms with Gasteiger partial charge in [-0.05, 0) is 18.9 Å². The zero-order valence-corrected chi connectivity index (χ0v) is 13.8. The molecule has 6 heteroatoms. The van der Waals surface area contributed by atoms with Crippen LogP contribution in [0, 0.1) is 0 Å². The lowest BCUT2D eigenvalue weighted by atomic mass is 10.3. The van der Waals surface area contributed by atoms with Crippen molar-refractivity contribution in [2.24, 2.45) is 0 Å². The van der Waals surface area contributed by atoms with Gasteiger partial charge < -0.3 is 5.32 Å². The van der Waals surface area contributed by atoms with Crippen molar-refractivity contribution in [3.8, 4) is 0 Å². The predicted octanol–water partition coefficient (Wildman–Crippen LogP) is 1.60. The number of hydrogen-bond acceptors (Lipinski definition) is 4. The molecule has 0 saturated carbocycles. The van der Waals surface area contributed by atoms with E-state index < -0.39 is 0 Å². The summed E-state index contributed by atoms with van der Waals surface area (Å²) in [5.74, 6) is 0.105. The monoisotopic (exact) mass is 319 g/mol. The topological polar surface area (TPSA) is 39.5 Å². The van der Waals surface area contributed by atoms with Gasteiger partial charge in [-0.25, -0.2) is 10.0 Å². The van der Waals surface area contributed by atoms with Crippen molar-refractivity contribution >= 4 is 27.5 Å². The number of aryl methyl sites for hydroxylation is 1. The molecule has 1 fully saturated rings. The van der Waals surface area contributed by atoms with Crippen molar-refractivity contribution in [2.75, 3.05) is 26.8 Å². The van der Waals surface area contributed by atoms with Crippen LogP contribution in [0.3, 0.4) is 0 Å². The molecule has 1 amide bonds. The number of aromatic nitrogens is 1. The second-order valence-electron chi connectivity index (χ2n) is 5.71. The predicted molar refractivity (Wildman–Crippen MR) is 88.2 cm³/mol. The van der Waals surface area contributed by atoms with Crippen LogP contribution < -0.4 is 9.88 Å². The molecule has 1 saturated heterocycles. The molecule has 0 unspecified atom stereocenters. The summed E-state index contributed by atoms with van der Waals surface area (Å²) in [5.41, 5.74) is 3.29. The van der Waals surface area contributed by atoms with Gasteiger partial charge in [0.25, 0.3) is 0 Å². The molecule has 0 bridgehead atoms. The van der Waals surface area contributed by atoms with E-state index in [1.807, 2.05) is 19.2 Å². The van der Waals surface area contributed by atoms with Crippen LogP contribution in [0.5, 0.6) is 0 Å². The molecular weight excluding hydrogens is 296 g/mol. The maximum Gasteiger partial charge on any atom is 0.227 e. The van der Waals surface area contributed by atoms with Gasteiger partial charge in [0.2, 0.25) is 16.9 Å². The lowest BCUT2D eigenvalue weighted by Crippen LogP contribution is -2.45.